The molecule has 1 amide bonds. The summed E-state index contributed by atoms with van der Waals surface area (Å²) in [5.41, 5.74) is 0.295. The third-order valence-electron chi connectivity index (χ3n) is 3.15. The molecule has 0 aromatic carbocycles. The quantitative estimate of drug-likeness (QED) is 0.870. The van der Waals surface area contributed by atoms with Gasteiger partial charge >= 0.3 is 0 Å². The van der Waals surface area contributed by atoms with Gasteiger partial charge in [0, 0.05) is 12.0 Å². The number of methoxy groups -OCH3 is 2. The first-order valence-electron chi connectivity index (χ1n) is 7.19. The molecule has 0 aliphatic rings. The lowest BCUT2D eigenvalue weighted by Gasteiger charge is -2.12. The lowest BCUT2D eigenvalue weighted by Crippen LogP contribution is -2.27. The largest absolute Gasteiger partial charge is 0.481 e. The fourth-order valence-corrected chi connectivity index (χ4v) is 1.86. The van der Waals surface area contributed by atoms with Crippen LogP contribution in [0, 0.1) is 0 Å². The van der Waals surface area contributed by atoms with Crippen LogP contribution < -0.4 is 14.8 Å². The monoisotopic (exact) mass is 320 g/mol. The lowest BCUT2D eigenvalue weighted by atomic mass is 10.2. The highest BCUT2D eigenvalue weighted by Crippen LogP contribution is 2.21. The van der Waals surface area contributed by atoms with E-state index in [0.717, 1.165) is 0 Å². The average molecular weight is 320 g/mol. The van der Waals surface area contributed by atoms with Crippen LogP contribution in [0.15, 0.2) is 16.5 Å². The van der Waals surface area contributed by atoms with Crippen molar-refractivity contribution in [3.63, 3.8) is 0 Å². The van der Waals surface area contributed by atoms with Crippen LogP contribution in [-0.2, 0) is 0 Å². The zero-order chi connectivity index (χ0) is 17.0. The fraction of sp³-hybridized carbons (Fsp3) is 0.467. The van der Waals surface area contributed by atoms with Crippen LogP contribution in [0.5, 0.6) is 11.8 Å². The summed E-state index contributed by atoms with van der Waals surface area (Å²) in [6.45, 7) is 5.67. The SMILES string of the molecule is COc1ccc(C(=O)NC(C)c2nnc(C(C)C)o2)c(OC)n1. The molecule has 2 aromatic rings. The van der Waals surface area contributed by atoms with Crippen LogP contribution in [0.3, 0.4) is 0 Å². The maximum Gasteiger partial charge on any atom is 0.257 e. The van der Waals surface area contributed by atoms with Crippen molar-refractivity contribution in [1.29, 1.82) is 0 Å². The molecular weight excluding hydrogens is 300 g/mol. The number of nitrogens with one attached hydrogen (secondary N) is 1. The topological polar surface area (TPSA) is 99.4 Å². The molecule has 0 fully saturated rings. The first kappa shape index (κ1) is 16.7. The van der Waals surface area contributed by atoms with Gasteiger partial charge in [0.05, 0.1) is 14.2 Å². The molecule has 0 saturated heterocycles. The number of aromatic nitrogens is 3. The second kappa shape index (κ2) is 7.08. The van der Waals surface area contributed by atoms with Crippen molar-refractivity contribution < 1.29 is 18.7 Å². The molecule has 0 spiro atoms. The van der Waals surface area contributed by atoms with E-state index in [2.05, 4.69) is 20.5 Å². The van der Waals surface area contributed by atoms with Gasteiger partial charge in [-0.05, 0) is 13.0 Å². The van der Waals surface area contributed by atoms with E-state index in [4.69, 9.17) is 13.9 Å². The van der Waals surface area contributed by atoms with Crippen LogP contribution in [0.25, 0.3) is 0 Å². The Hall–Kier alpha value is -2.64. The van der Waals surface area contributed by atoms with Gasteiger partial charge in [-0.25, -0.2) is 0 Å². The van der Waals surface area contributed by atoms with E-state index in [0.29, 0.717) is 23.2 Å². The predicted octanol–water partition coefficient (Wildman–Crippen LogP) is 2.10. The van der Waals surface area contributed by atoms with Gasteiger partial charge in [0.25, 0.3) is 5.91 Å². The van der Waals surface area contributed by atoms with Crippen LogP contribution in [0.2, 0.25) is 0 Å². The highest BCUT2D eigenvalue weighted by Gasteiger charge is 2.21. The second-order valence-electron chi connectivity index (χ2n) is 5.24. The number of carbonyl (C=O) groups is 1. The summed E-state index contributed by atoms with van der Waals surface area (Å²) in [4.78, 5) is 16.5. The Balaban J connectivity index is 2.14. The molecule has 2 aromatic heterocycles. The molecule has 1 unspecified atom stereocenters. The normalized spacial score (nSPS) is 12.1. The molecule has 1 N–H and O–H groups in total. The standard InChI is InChI=1S/C15H20N4O4/c1-8(2)13-18-19-14(23-13)9(3)16-12(20)10-6-7-11(21-4)17-15(10)22-5/h6-9H,1-5H3,(H,16,20). The Morgan fingerprint density at radius 1 is 1.13 bits per heavy atom. The zero-order valence-corrected chi connectivity index (χ0v) is 13.8. The van der Waals surface area contributed by atoms with Gasteiger partial charge < -0.3 is 19.2 Å². The van der Waals surface area contributed by atoms with E-state index < -0.39 is 6.04 Å². The number of nitrogens with zero attached hydrogens (tertiary/aromatic N) is 3. The average Bonchev–Trinajstić information content (AvgIpc) is 3.04. The predicted molar refractivity (Wildman–Crippen MR) is 81.6 cm³/mol. The van der Waals surface area contributed by atoms with Gasteiger partial charge in [-0.3, -0.25) is 4.79 Å². The summed E-state index contributed by atoms with van der Waals surface area (Å²) in [5.74, 6) is 1.21. The molecule has 0 aliphatic heterocycles. The number of ether oxygens (including phenoxy) is 2. The molecule has 23 heavy (non-hydrogen) atoms. The van der Waals surface area contributed by atoms with E-state index in [9.17, 15) is 4.79 Å². The Morgan fingerprint density at radius 2 is 1.83 bits per heavy atom. The Morgan fingerprint density at radius 3 is 2.39 bits per heavy atom. The number of hydrogen-bond donors (Lipinski definition) is 1. The van der Waals surface area contributed by atoms with Crippen molar-refractivity contribution in [2.45, 2.75) is 32.7 Å². The van der Waals surface area contributed by atoms with Crippen molar-refractivity contribution in [3.8, 4) is 11.8 Å². The van der Waals surface area contributed by atoms with Crippen LogP contribution in [0.4, 0.5) is 0 Å². The highest BCUT2D eigenvalue weighted by atomic mass is 16.5. The number of rotatable bonds is 6. The molecule has 8 nitrogen and oxygen atoms in total. The fourth-order valence-electron chi connectivity index (χ4n) is 1.86. The van der Waals surface area contributed by atoms with E-state index in [1.165, 1.54) is 14.2 Å². The van der Waals surface area contributed by atoms with Gasteiger partial charge in [0.1, 0.15) is 11.6 Å². The Labute approximate surface area is 134 Å². The highest BCUT2D eigenvalue weighted by molar-refractivity contribution is 5.96. The van der Waals surface area contributed by atoms with Crippen LogP contribution >= 0.6 is 0 Å². The van der Waals surface area contributed by atoms with E-state index in [1.807, 2.05) is 13.8 Å². The molecule has 0 bridgehead atoms. The number of pyridine rings is 1. The number of hydrogen-bond acceptors (Lipinski definition) is 7. The summed E-state index contributed by atoms with van der Waals surface area (Å²) < 4.78 is 15.7. The molecule has 1 atom stereocenters. The summed E-state index contributed by atoms with van der Waals surface area (Å²) in [6, 6.07) is 2.74. The van der Waals surface area contributed by atoms with Crippen LogP contribution in [0.1, 0.15) is 54.9 Å². The third-order valence-corrected chi connectivity index (χ3v) is 3.15. The van der Waals surface area contributed by atoms with Gasteiger partial charge in [0.15, 0.2) is 0 Å². The van der Waals surface area contributed by atoms with E-state index in [-0.39, 0.29) is 17.7 Å². The molecule has 0 aliphatic carbocycles. The lowest BCUT2D eigenvalue weighted by molar-refractivity contribution is 0.0929. The number of amides is 1. The van der Waals surface area contributed by atoms with Crippen molar-refractivity contribution in [2.75, 3.05) is 14.2 Å². The zero-order valence-electron chi connectivity index (χ0n) is 13.8. The minimum Gasteiger partial charge on any atom is -0.481 e. The summed E-state index contributed by atoms with van der Waals surface area (Å²) in [5, 5.41) is 10.7. The first-order valence-corrected chi connectivity index (χ1v) is 7.19. The third kappa shape index (κ3) is 3.77. The molecule has 124 valence electrons. The van der Waals surface area contributed by atoms with Crippen molar-refractivity contribution >= 4 is 5.91 Å². The Bertz CT molecular complexity index is 684. The Kier molecular flexibility index (Phi) is 5.15. The van der Waals surface area contributed by atoms with E-state index in [1.54, 1.807) is 19.1 Å². The minimum atomic E-state index is -0.436. The van der Waals surface area contributed by atoms with Crippen molar-refractivity contribution in [2.24, 2.45) is 0 Å². The van der Waals surface area contributed by atoms with Gasteiger partial charge in [-0.2, -0.15) is 4.98 Å². The molecule has 8 heteroatoms. The first-order chi connectivity index (χ1) is 11.0. The molecule has 0 radical (unpaired) electrons. The molecule has 0 saturated carbocycles. The molecular formula is C15H20N4O4. The van der Waals surface area contributed by atoms with Gasteiger partial charge in [0.2, 0.25) is 23.5 Å². The van der Waals surface area contributed by atoms with Crippen molar-refractivity contribution in [1.82, 2.24) is 20.5 Å². The maximum absolute atomic E-state index is 12.4. The minimum absolute atomic E-state index is 0.130. The van der Waals surface area contributed by atoms with Gasteiger partial charge in [-0.15, -0.1) is 10.2 Å². The summed E-state index contributed by atoms with van der Waals surface area (Å²) in [6.07, 6.45) is 0. The van der Waals surface area contributed by atoms with Gasteiger partial charge in [-0.1, -0.05) is 13.8 Å². The van der Waals surface area contributed by atoms with E-state index >= 15 is 0 Å². The van der Waals surface area contributed by atoms with Crippen LogP contribution in [-0.4, -0.2) is 35.3 Å². The molecule has 2 heterocycles. The van der Waals surface area contributed by atoms with Crippen molar-refractivity contribution in [3.05, 3.63) is 29.5 Å². The summed E-state index contributed by atoms with van der Waals surface area (Å²) >= 11 is 0. The summed E-state index contributed by atoms with van der Waals surface area (Å²) in [7, 11) is 2.93. The smallest absolute Gasteiger partial charge is 0.257 e. The number of carbonyl (C=O) groups excluding carboxylic acids is 1. The molecule has 2 rings (SSSR count). The maximum atomic E-state index is 12.4. The second-order valence-corrected chi connectivity index (χ2v) is 5.24.